The molecule has 0 spiro atoms. The van der Waals surface area contributed by atoms with E-state index in [1.54, 1.807) is 54.6 Å². The van der Waals surface area contributed by atoms with Crippen LogP contribution in [-0.4, -0.2) is 40.4 Å². The second kappa shape index (κ2) is 10.1. The molecular weight excluding hydrogens is 461 g/mol. The van der Waals surface area contributed by atoms with E-state index in [2.05, 4.69) is 10.3 Å². The number of halogens is 3. The summed E-state index contributed by atoms with van der Waals surface area (Å²) in [5, 5.41) is 21.8. The zero-order chi connectivity index (χ0) is 25.0. The first-order chi connectivity index (χ1) is 16.7. The lowest BCUT2D eigenvalue weighted by Crippen LogP contribution is -2.21. The first-order valence-corrected chi connectivity index (χ1v) is 10.6. The second-order valence-corrected chi connectivity index (χ2v) is 7.78. The zero-order valence-corrected chi connectivity index (χ0v) is 18.3. The van der Waals surface area contributed by atoms with Crippen LogP contribution in [0.1, 0.15) is 15.9 Å². The summed E-state index contributed by atoms with van der Waals surface area (Å²) in [4.78, 5) is 17.4. The van der Waals surface area contributed by atoms with Crippen molar-refractivity contribution in [2.45, 2.75) is 12.3 Å². The first-order valence-electron chi connectivity index (χ1n) is 10.6. The minimum Gasteiger partial charge on any atom is -0.491 e. The molecule has 1 amide bonds. The molecule has 0 bridgehead atoms. The highest BCUT2D eigenvalue weighted by atomic mass is 19.4. The van der Waals surface area contributed by atoms with E-state index in [0.717, 1.165) is 12.1 Å². The smallest absolute Gasteiger partial charge is 0.416 e. The standard InChI is InChI=1S/C26H21F3N2O4/c27-26(28,29)19-7-1-5-17(12-19)22-11-10-16-4-3-9-23(24(16)30-22)31-25(34)18-6-2-8-21(13-18)35-15-20(33)14-32/h1-13,20,32-33H,14-15H2,(H,31,34)/t20-/m0/s1. The molecule has 0 radical (unpaired) electrons. The average Bonchev–Trinajstić information content (AvgIpc) is 2.87. The lowest BCUT2D eigenvalue weighted by molar-refractivity contribution is -0.137. The fourth-order valence-corrected chi connectivity index (χ4v) is 3.43. The van der Waals surface area contributed by atoms with Gasteiger partial charge in [-0.25, -0.2) is 4.98 Å². The molecule has 1 aromatic heterocycles. The number of fused-ring (bicyclic) bond motifs is 1. The maximum absolute atomic E-state index is 13.1. The Balaban J connectivity index is 1.62. The number of carbonyl (C=O) groups excluding carboxylic acids is 1. The molecular formula is C26H21F3N2O4. The Hall–Kier alpha value is -3.95. The Bertz CT molecular complexity index is 1360. The van der Waals surface area contributed by atoms with E-state index in [0.29, 0.717) is 33.6 Å². The molecule has 0 aliphatic carbocycles. The van der Waals surface area contributed by atoms with Gasteiger partial charge >= 0.3 is 6.18 Å². The van der Waals surface area contributed by atoms with Gasteiger partial charge < -0.3 is 20.3 Å². The molecule has 0 saturated carbocycles. The van der Waals surface area contributed by atoms with Gasteiger partial charge in [-0.2, -0.15) is 13.2 Å². The monoisotopic (exact) mass is 482 g/mol. The van der Waals surface area contributed by atoms with E-state index in [-0.39, 0.29) is 12.2 Å². The lowest BCUT2D eigenvalue weighted by Gasteiger charge is -2.12. The molecule has 0 unspecified atom stereocenters. The summed E-state index contributed by atoms with van der Waals surface area (Å²) in [6.07, 6.45) is -5.51. The molecule has 0 aliphatic heterocycles. The number of ether oxygens (including phenoxy) is 1. The van der Waals surface area contributed by atoms with Gasteiger partial charge in [0.1, 0.15) is 18.5 Å². The molecule has 1 heterocycles. The molecule has 3 aromatic carbocycles. The third kappa shape index (κ3) is 5.76. The molecule has 4 aromatic rings. The van der Waals surface area contributed by atoms with E-state index in [9.17, 15) is 23.1 Å². The van der Waals surface area contributed by atoms with Gasteiger partial charge in [0.2, 0.25) is 0 Å². The Morgan fingerprint density at radius 2 is 1.77 bits per heavy atom. The van der Waals surface area contributed by atoms with Gasteiger partial charge in [-0.15, -0.1) is 0 Å². The van der Waals surface area contributed by atoms with Crippen molar-refractivity contribution in [1.29, 1.82) is 0 Å². The largest absolute Gasteiger partial charge is 0.491 e. The molecule has 35 heavy (non-hydrogen) atoms. The van der Waals surface area contributed by atoms with Crippen molar-refractivity contribution >= 4 is 22.5 Å². The minimum atomic E-state index is -4.47. The third-order valence-electron chi connectivity index (χ3n) is 5.20. The fourth-order valence-electron chi connectivity index (χ4n) is 3.43. The van der Waals surface area contributed by atoms with E-state index < -0.39 is 30.4 Å². The maximum Gasteiger partial charge on any atom is 0.416 e. The molecule has 6 nitrogen and oxygen atoms in total. The Morgan fingerprint density at radius 3 is 2.54 bits per heavy atom. The minimum absolute atomic E-state index is 0.132. The number of aromatic nitrogens is 1. The number of rotatable bonds is 7. The number of para-hydroxylation sites is 1. The van der Waals surface area contributed by atoms with Gasteiger partial charge in [-0.1, -0.05) is 36.4 Å². The topological polar surface area (TPSA) is 91.7 Å². The van der Waals surface area contributed by atoms with Crippen molar-refractivity contribution in [3.8, 4) is 17.0 Å². The van der Waals surface area contributed by atoms with Gasteiger partial charge in [0.05, 0.1) is 29.1 Å². The van der Waals surface area contributed by atoms with Crippen LogP contribution in [0.15, 0.2) is 78.9 Å². The van der Waals surface area contributed by atoms with E-state index in [4.69, 9.17) is 9.84 Å². The number of carbonyl (C=O) groups is 1. The second-order valence-electron chi connectivity index (χ2n) is 7.78. The number of alkyl halides is 3. The van der Waals surface area contributed by atoms with Crippen LogP contribution in [0.4, 0.5) is 18.9 Å². The predicted molar refractivity (Wildman–Crippen MR) is 125 cm³/mol. The van der Waals surface area contributed by atoms with Crippen molar-refractivity contribution in [2.24, 2.45) is 0 Å². The van der Waals surface area contributed by atoms with Gasteiger partial charge in [-0.05, 0) is 42.5 Å². The summed E-state index contributed by atoms with van der Waals surface area (Å²) in [6, 6.07) is 19.7. The molecule has 1 atom stereocenters. The summed E-state index contributed by atoms with van der Waals surface area (Å²) in [6.45, 7) is -0.579. The third-order valence-corrected chi connectivity index (χ3v) is 5.20. The number of nitrogens with one attached hydrogen (secondary N) is 1. The zero-order valence-electron chi connectivity index (χ0n) is 18.3. The molecule has 4 rings (SSSR count). The summed E-state index contributed by atoms with van der Waals surface area (Å²) in [7, 11) is 0. The number of amides is 1. The average molecular weight is 482 g/mol. The predicted octanol–water partition coefficient (Wildman–Crippen LogP) is 4.90. The van der Waals surface area contributed by atoms with Gasteiger partial charge in [-0.3, -0.25) is 4.79 Å². The number of hydrogen-bond donors (Lipinski definition) is 3. The number of aliphatic hydroxyl groups excluding tert-OH is 2. The normalized spacial score (nSPS) is 12.4. The molecule has 0 saturated heterocycles. The Morgan fingerprint density at radius 1 is 1.00 bits per heavy atom. The number of anilines is 1. The maximum atomic E-state index is 13.1. The summed E-state index contributed by atoms with van der Waals surface area (Å²) < 4.78 is 44.8. The molecule has 3 N–H and O–H groups in total. The number of pyridine rings is 1. The summed E-state index contributed by atoms with van der Waals surface area (Å²) in [5.41, 5.74) is 0.970. The highest BCUT2D eigenvalue weighted by Gasteiger charge is 2.30. The van der Waals surface area contributed by atoms with Crippen LogP contribution in [0.3, 0.4) is 0 Å². The molecule has 9 heteroatoms. The summed E-state index contributed by atoms with van der Waals surface area (Å²) >= 11 is 0. The van der Waals surface area contributed by atoms with Gasteiger partial charge in [0, 0.05) is 16.5 Å². The number of aliphatic hydroxyl groups is 2. The van der Waals surface area contributed by atoms with Crippen LogP contribution in [0.5, 0.6) is 5.75 Å². The molecule has 0 aliphatic rings. The molecule has 0 fully saturated rings. The molecule has 180 valence electrons. The van der Waals surface area contributed by atoms with Crippen LogP contribution in [0, 0.1) is 0 Å². The van der Waals surface area contributed by atoms with Crippen LogP contribution in [-0.2, 0) is 6.18 Å². The van der Waals surface area contributed by atoms with Crippen molar-refractivity contribution < 1.29 is 32.9 Å². The first kappa shape index (κ1) is 24.2. The Labute approximate surface area is 198 Å². The van der Waals surface area contributed by atoms with Crippen molar-refractivity contribution in [3.63, 3.8) is 0 Å². The van der Waals surface area contributed by atoms with E-state index in [1.165, 1.54) is 12.1 Å². The highest BCUT2D eigenvalue weighted by Crippen LogP contribution is 2.33. The lowest BCUT2D eigenvalue weighted by atomic mass is 10.1. The van der Waals surface area contributed by atoms with Crippen LogP contribution >= 0.6 is 0 Å². The highest BCUT2D eigenvalue weighted by molar-refractivity contribution is 6.08. The number of nitrogens with zero attached hydrogens (tertiary/aromatic N) is 1. The Kier molecular flexibility index (Phi) is 6.99. The van der Waals surface area contributed by atoms with Crippen LogP contribution in [0.25, 0.3) is 22.2 Å². The van der Waals surface area contributed by atoms with Crippen molar-refractivity contribution in [2.75, 3.05) is 18.5 Å². The SMILES string of the molecule is O=C(Nc1cccc2ccc(-c3cccc(C(F)(F)F)c3)nc12)c1cccc(OC[C@@H](O)CO)c1. The van der Waals surface area contributed by atoms with Crippen molar-refractivity contribution in [1.82, 2.24) is 4.98 Å². The van der Waals surface area contributed by atoms with Crippen molar-refractivity contribution in [3.05, 3.63) is 90.0 Å². The summed E-state index contributed by atoms with van der Waals surface area (Å²) in [5.74, 6) is -0.107. The van der Waals surface area contributed by atoms with Gasteiger partial charge in [0.25, 0.3) is 5.91 Å². The van der Waals surface area contributed by atoms with E-state index in [1.807, 2.05) is 0 Å². The van der Waals surface area contributed by atoms with E-state index >= 15 is 0 Å². The fraction of sp³-hybridized carbons (Fsp3) is 0.154. The number of hydrogen-bond acceptors (Lipinski definition) is 5. The van der Waals surface area contributed by atoms with Crippen LogP contribution in [0.2, 0.25) is 0 Å². The van der Waals surface area contributed by atoms with Gasteiger partial charge in [0.15, 0.2) is 0 Å². The number of benzene rings is 3. The quantitative estimate of drug-likeness (QED) is 0.348. The van der Waals surface area contributed by atoms with Crippen LogP contribution < -0.4 is 10.1 Å².